The van der Waals surface area contributed by atoms with E-state index in [-0.39, 0.29) is 11.9 Å². The Morgan fingerprint density at radius 3 is 3.30 bits per heavy atom. The van der Waals surface area contributed by atoms with E-state index in [2.05, 4.69) is 6.08 Å². The summed E-state index contributed by atoms with van der Waals surface area (Å²) in [6.07, 6.45) is 6.18. The Bertz CT molecular complexity index is 184. The van der Waals surface area contributed by atoms with Crippen molar-refractivity contribution in [3.05, 3.63) is 12.2 Å². The summed E-state index contributed by atoms with van der Waals surface area (Å²) in [4.78, 5) is 11.0. The molecule has 0 aromatic heterocycles. The van der Waals surface area contributed by atoms with Crippen molar-refractivity contribution in [3.8, 4) is 0 Å². The summed E-state index contributed by atoms with van der Waals surface area (Å²) >= 11 is 0. The first-order valence-electron chi connectivity index (χ1n) is 3.71. The number of ether oxygens (including phenoxy) is 1. The summed E-state index contributed by atoms with van der Waals surface area (Å²) < 4.78 is 4.90. The molecule has 2 aliphatic rings. The highest BCUT2D eigenvalue weighted by Gasteiger charge is 2.33. The monoisotopic (exact) mass is 138 g/mol. The molecule has 0 saturated carbocycles. The van der Waals surface area contributed by atoms with Gasteiger partial charge in [-0.1, -0.05) is 12.2 Å². The average molecular weight is 138 g/mol. The molecule has 1 aliphatic heterocycles. The van der Waals surface area contributed by atoms with Crippen LogP contribution in [0.5, 0.6) is 0 Å². The van der Waals surface area contributed by atoms with Gasteiger partial charge in [0.2, 0.25) is 0 Å². The fraction of sp³-hybridized carbons (Fsp3) is 0.625. The minimum absolute atomic E-state index is 0.0231. The third-order valence-corrected chi connectivity index (χ3v) is 2.30. The molecule has 1 saturated heterocycles. The molecule has 0 bridgehead atoms. The highest BCUT2D eigenvalue weighted by atomic mass is 16.5. The van der Waals surface area contributed by atoms with E-state index in [0.29, 0.717) is 12.5 Å². The van der Waals surface area contributed by atoms with Gasteiger partial charge in [-0.3, -0.25) is 4.79 Å². The largest absolute Gasteiger partial charge is 0.465 e. The molecule has 2 unspecified atom stereocenters. The van der Waals surface area contributed by atoms with Crippen LogP contribution in [0.15, 0.2) is 12.2 Å². The highest BCUT2D eigenvalue weighted by molar-refractivity contribution is 5.76. The van der Waals surface area contributed by atoms with Crippen LogP contribution in [0.4, 0.5) is 0 Å². The molecule has 2 nitrogen and oxygen atoms in total. The van der Waals surface area contributed by atoms with Crippen molar-refractivity contribution in [1.82, 2.24) is 0 Å². The highest BCUT2D eigenvalue weighted by Crippen LogP contribution is 2.32. The van der Waals surface area contributed by atoms with Gasteiger partial charge in [0.25, 0.3) is 0 Å². The van der Waals surface area contributed by atoms with Gasteiger partial charge in [-0.05, 0) is 18.8 Å². The zero-order chi connectivity index (χ0) is 6.97. The Balaban J connectivity index is 2.16. The first-order valence-corrected chi connectivity index (χ1v) is 3.71. The number of allylic oxidation sites excluding steroid dienone is 1. The Morgan fingerprint density at radius 1 is 1.60 bits per heavy atom. The van der Waals surface area contributed by atoms with Gasteiger partial charge < -0.3 is 4.74 Å². The maximum atomic E-state index is 11.0. The number of carbonyl (C=O) groups is 1. The zero-order valence-corrected chi connectivity index (χ0v) is 5.75. The van der Waals surface area contributed by atoms with E-state index < -0.39 is 0 Å². The maximum absolute atomic E-state index is 11.0. The van der Waals surface area contributed by atoms with Crippen LogP contribution >= 0.6 is 0 Å². The topological polar surface area (TPSA) is 26.3 Å². The van der Waals surface area contributed by atoms with E-state index in [1.54, 1.807) is 0 Å². The molecule has 0 radical (unpaired) electrons. The van der Waals surface area contributed by atoms with Crippen molar-refractivity contribution in [1.29, 1.82) is 0 Å². The molecule has 2 rings (SSSR count). The molecular weight excluding hydrogens is 128 g/mol. The van der Waals surface area contributed by atoms with Crippen molar-refractivity contribution >= 4 is 5.97 Å². The van der Waals surface area contributed by atoms with Crippen LogP contribution in [0.25, 0.3) is 0 Å². The number of carbonyl (C=O) groups excluding carboxylic acids is 1. The van der Waals surface area contributed by atoms with Crippen LogP contribution in [0.1, 0.15) is 12.8 Å². The first kappa shape index (κ1) is 5.96. The van der Waals surface area contributed by atoms with E-state index in [0.717, 1.165) is 12.8 Å². The van der Waals surface area contributed by atoms with Crippen LogP contribution in [-0.4, -0.2) is 12.6 Å². The predicted octanol–water partition coefficient (Wildman–Crippen LogP) is 1.13. The quantitative estimate of drug-likeness (QED) is 0.370. The molecule has 0 amide bonds. The Hall–Kier alpha value is -0.790. The lowest BCUT2D eigenvalue weighted by Crippen LogP contribution is -2.28. The van der Waals surface area contributed by atoms with Crippen LogP contribution < -0.4 is 0 Å². The summed E-state index contributed by atoms with van der Waals surface area (Å²) in [5.41, 5.74) is 0. The molecule has 2 atom stereocenters. The lowest BCUT2D eigenvalue weighted by molar-refractivity contribution is -0.153. The minimum Gasteiger partial charge on any atom is -0.465 e. The molecule has 2 heteroatoms. The van der Waals surface area contributed by atoms with Crippen LogP contribution in [-0.2, 0) is 9.53 Å². The van der Waals surface area contributed by atoms with Gasteiger partial charge in [0.1, 0.15) is 0 Å². The van der Waals surface area contributed by atoms with E-state index in [1.165, 1.54) is 0 Å². The lowest BCUT2D eigenvalue weighted by Gasteiger charge is -2.23. The second-order valence-corrected chi connectivity index (χ2v) is 2.91. The molecular formula is C8H10O2. The zero-order valence-electron chi connectivity index (χ0n) is 5.75. The van der Waals surface area contributed by atoms with Gasteiger partial charge >= 0.3 is 5.97 Å². The van der Waals surface area contributed by atoms with Crippen molar-refractivity contribution < 1.29 is 9.53 Å². The molecule has 0 aromatic rings. The SMILES string of the molecule is O=C1OCCC2CC=CC12. The summed E-state index contributed by atoms with van der Waals surface area (Å²) in [5, 5.41) is 0. The van der Waals surface area contributed by atoms with Crippen molar-refractivity contribution in [3.63, 3.8) is 0 Å². The lowest BCUT2D eigenvalue weighted by atomic mass is 9.91. The van der Waals surface area contributed by atoms with Crippen molar-refractivity contribution in [2.45, 2.75) is 12.8 Å². The second kappa shape index (κ2) is 2.11. The second-order valence-electron chi connectivity index (χ2n) is 2.91. The van der Waals surface area contributed by atoms with Crippen LogP contribution in [0.3, 0.4) is 0 Å². The minimum atomic E-state index is -0.0231. The molecule has 0 aromatic carbocycles. The summed E-state index contributed by atoms with van der Waals surface area (Å²) in [6, 6.07) is 0. The molecule has 0 spiro atoms. The van der Waals surface area contributed by atoms with E-state index in [4.69, 9.17) is 4.74 Å². The molecule has 1 heterocycles. The van der Waals surface area contributed by atoms with Crippen LogP contribution in [0, 0.1) is 11.8 Å². The fourth-order valence-corrected chi connectivity index (χ4v) is 1.68. The smallest absolute Gasteiger partial charge is 0.313 e. The molecule has 1 aliphatic carbocycles. The Kier molecular flexibility index (Phi) is 1.26. The number of rotatable bonds is 0. The average Bonchev–Trinajstić information content (AvgIpc) is 2.36. The van der Waals surface area contributed by atoms with Gasteiger partial charge in [-0.15, -0.1) is 0 Å². The van der Waals surface area contributed by atoms with Gasteiger partial charge in [0.05, 0.1) is 12.5 Å². The summed E-state index contributed by atoms with van der Waals surface area (Å²) in [6.45, 7) is 0.627. The van der Waals surface area contributed by atoms with Crippen molar-refractivity contribution in [2.24, 2.45) is 11.8 Å². The van der Waals surface area contributed by atoms with E-state index in [1.807, 2.05) is 6.08 Å². The fourth-order valence-electron chi connectivity index (χ4n) is 1.68. The first-order chi connectivity index (χ1) is 4.88. The van der Waals surface area contributed by atoms with Gasteiger partial charge in [-0.2, -0.15) is 0 Å². The van der Waals surface area contributed by atoms with Gasteiger partial charge in [0, 0.05) is 0 Å². The van der Waals surface area contributed by atoms with E-state index in [9.17, 15) is 4.79 Å². The third kappa shape index (κ3) is 0.753. The number of cyclic esters (lactones) is 1. The van der Waals surface area contributed by atoms with Gasteiger partial charge in [-0.25, -0.2) is 0 Å². The summed E-state index contributed by atoms with van der Waals surface area (Å²) in [7, 11) is 0. The van der Waals surface area contributed by atoms with Gasteiger partial charge in [0.15, 0.2) is 0 Å². The molecule has 54 valence electrons. The number of fused-ring (bicyclic) bond motifs is 1. The normalized spacial score (nSPS) is 37.4. The number of esters is 1. The number of hydrogen-bond donors (Lipinski definition) is 0. The van der Waals surface area contributed by atoms with E-state index >= 15 is 0 Å². The molecule has 1 fully saturated rings. The maximum Gasteiger partial charge on any atom is 0.313 e. The number of hydrogen-bond acceptors (Lipinski definition) is 2. The molecule has 0 N–H and O–H groups in total. The Morgan fingerprint density at radius 2 is 2.50 bits per heavy atom. The predicted molar refractivity (Wildman–Crippen MR) is 36.3 cm³/mol. The third-order valence-electron chi connectivity index (χ3n) is 2.30. The summed E-state index contributed by atoms with van der Waals surface area (Å²) in [5.74, 6) is 0.625. The molecule has 10 heavy (non-hydrogen) atoms. The Labute approximate surface area is 59.9 Å². The standard InChI is InChI=1S/C8H10O2/c9-8-7-3-1-2-6(7)4-5-10-8/h1,3,6-7H,2,4-5H2. The van der Waals surface area contributed by atoms with Crippen LogP contribution in [0.2, 0.25) is 0 Å². The van der Waals surface area contributed by atoms with Crippen molar-refractivity contribution in [2.75, 3.05) is 6.61 Å².